The number of methoxy groups -OCH3 is 2. The lowest BCUT2D eigenvalue weighted by Crippen LogP contribution is -2.30. The summed E-state index contributed by atoms with van der Waals surface area (Å²) in [6, 6.07) is 12.7. The van der Waals surface area contributed by atoms with Crippen LogP contribution in [0.1, 0.15) is 12.0 Å². The summed E-state index contributed by atoms with van der Waals surface area (Å²) in [5, 5.41) is 4.01. The van der Waals surface area contributed by atoms with Gasteiger partial charge in [-0.05, 0) is 42.5 Å². The molecule has 1 fully saturated rings. The molecule has 3 rings (SSSR count). The van der Waals surface area contributed by atoms with E-state index < -0.39 is 5.92 Å². The van der Waals surface area contributed by atoms with E-state index in [4.69, 9.17) is 9.47 Å². The summed E-state index contributed by atoms with van der Waals surface area (Å²) < 4.78 is 11.4. The lowest BCUT2D eigenvalue weighted by Gasteiger charge is -2.16. The largest absolute Gasteiger partial charge is 0.497 e. The van der Waals surface area contributed by atoms with Crippen molar-refractivity contribution in [2.24, 2.45) is 11.0 Å². The number of halogens is 1. The second-order valence-corrected chi connectivity index (χ2v) is 7.14. The normalized spacial score (nSPS) is 16.5. The third kappa shape index (κ3) is 4.51. The molecule has 2 amide bonds. The van der Waals surface area contributed by atoms with E-state index in [1.54, 1.807) is 37.3 Å². The van der Waals surface area contributed by atoms with E-state index in [2.05, 4.69) is 26.5 Å². The summed E-state index contributed by atoms with van der Waals surface area (Å²) in [5.74, 6) is 0.420. The van der Waals surface area contributed by atoms with Gasteiger partial charge in [-0.3, -0.25) is 9.59 Å². The van der Waals surface area contributed by atoms with Gasteiger partial charge in [-0.25, -0.2) is 5.43 Å². The Kier molecular flexibility index (Phi) is 6.30. The molecule has 0 aliphatic carbocycles. The molecule has 0 bridgehead atoms. The van der Waals surface area contributed by atoms with E-state index >= 15 is 0 Å². The number of carbonyl (C=O) groups is 2. The maximum absolute atomic E-state index is 12.4. The van der Waals surface area contributed by atoms with Crippen molar-refractivity contribution < 1.29 is 19.1 Å². The van der Waals surface area contributed by atoms with Crippen LogP contribution in [0, 0.1) is 5.92 Å². The van der Waals surface area contributed by atoms with Gasteiger partial charge >= 0.3 is 0 Å². The number of hydrogen-bond donors (Lipinski definition) is 1. The molecule has 0 spiro atoms. The van der Waals surface area contributed by atoms with Crippen molar-refractivity contribution in [3.8, 4) is 11.5 Å². The quantitative estimate of drug-likeness (QED) is 0.547. The standard InChI is InChI=1S/C20H20BrN3O4/c1-27-17-7-8-18(28-2)13(9-17)11-22-23-20(26)14-10-19(25)24(12-14)16-5-3-15(21)4-6-16/h3-9,11,14H,10,12H2,1-2H3,(H,23,26)/b22-11-/t14-/m1/s1. The van der Waals surface area contributed by atoms with Gasteiger partial charge in [0.1, 0.15) is 11.5 Å². The van der Waals surface area contributed by atoms with Gasteiger partial charge < -0.3 is 14.4 Å². The number of amides is 2. The molecule has 0 unspecified atom stereocenters. The van der Waals surface area contributed by atoms with Crippen LogP contribution in [-0.2, 0) is 9.59 Å². The molecule has 28 heavy (non-hydrogen) atoms. The van der Waals surface area contributed by atoms with Gasteiger partial charge in [0.2, 0.25) is 11.8 Å². The minimum Gasteiger partial charge on any atom is -0.497 e. The number of anilines is 1. The zero-order valence-electron chi connectivity index (χ0n) is 15.5. The van der Waals surface area contributed by atoms with Gasteiger partial charge in [-0.15, -0.1) is 0 Å². The second-order valence-electron chi connectivity index (χ2n) is 6.22. The zero-order chi connectivity index (χ0) is 20.1. The lowest BCUT2D eigenvalue weighted by atomic mass is 10.1. The molecule has 0 aromatic heterocycles. The molecule has 1 saturated heterocycles. The Morgan fingerprint density at radius 1 is 1.21 bits per heavy atom. The van der Waals surface area contributed by atoms with Crippen molar-refractivity contribution >= 4 is 39.6 Å². The molecule has 1 heterocycles. The van der Waals surface area contributed by atoms with Crippen LogP contribution in [0.5, 0.6) is 11.5 Å². The number of nitrogens with zero attached hydrogens (tertiary/aromatic N) is 2. The highest BCUT2D eigenvalue weighted by Gasteiger charge is 2.35. The highest BCUT2D eigenvalue weighted by molar-refractivity contribution is 9.10. The molecule has 8 heteroatoms. The molecule has 1 aliphatic rings. The van der Waals surface area contributed by atoms with Crippen molar-refractivity contribution in [3.63, 3.8) is 0 Å². The molecule has 1 N–H and O–H groups in total. The molecule has 1 atom stereocenters. The SMILES string of the molecule is COc1ccc(OC)c(/C=N\NC(=O)[C@@H]2CC(=O)N(c3ccc(Br)cc3)C2)c1. The summed E-state index contributed by atoms with van der Waals surface area (Å²) in [6.07, 6.45) is 1.64. The van der Waals surface area contributed by atoms with E-state index in [9.17, 15) is 9.59 Å². The zero-order valence-corrected chi connectivity index (χ0v) is 17.1. The monoisotopic (exact) mass is 445 g/mol. The van der Waals surface area contributed by atoms with Crippen LogP contribution in [0.15, 0.2) is 52.0 Å². The van der Waals surface area contributed by atoms with Crippen LogP contribution in [0.2, 0.25) is 0 Å². The topological polar surface area (TPSA) is 80.2 Å². The number of nitrogens with one attached hydrogen (secondary N) is 1. The minimum absolute atomic E-state index is 0.0825. The average Bonchev–Trinajstić information content (AvgIpc) is 3.10. The molecule has 1 aliphatic heterocycles. The predicted molar refractivity (Wildman–Crippen MR) is 110 cm³/mol. The van der Waals surface area contributed by atoms with Crippen molar-refractivity contribution in [1.29, 1.82) is 0 Å². The Balaban J connectivity index is 1.63. The van der Waals surface area contributed by atoms with Crippen molar-refractivity contribution in [2.45, 2.75) is 6.42 Å². The molecule has 7 nitrogen and oxygen atoms in total. The van der Waals surface area contributed by atoms with Crippen LogP contribution in [0.4, 0.5) is 5.69 Å². The van der Waals surface area contributed by atoms with E-state index in [0.717, 1.165) is 10.2 Å². The fourth-order valence-corrected chi connectivity index (χ4v) is 3.22. The highest BCUT2D eigenvalue weighted by atomic mass is 79.9. The first-order valence-electron chi connectivity index (χ1n) is 8.62. The fraction of sp³-hybridized carbons (Fsp3) is 0.250. The molecule has 0 saturated carbocycles. The Bertz CT molecular complexity index is 899. The van der Waals surface area contributed by atoms with Gasteiger partial charge in [0.15, 0.2) is 0 Å². The van der Waals surface area contributed by atoms with Crippen molar-refractivity contribution in [1.82, 2.24) is 5.43 Å². The van der Waals surface area contributed by atoms with E-state index in [0.29, 0.717) is 23.6 Å². The number of hydrogen-bond acceptors (Lipinski definition) is 5. The maximum Gasteiger partial charge on any atom is 0.245 e. The van der Waals surface area contributed by atoms with Crippen LogP contribution in [0.25, 0.3) is 0 Å². The van der Waals surface area contributed by atoms with Crippen LogP contribution >= 0.6 is 15.9 Å². The first-order valence-corrected chi connectivity index (χ1v) is 9.42. The van der Waals surface area contributed by atoms with E-state index in [1.807, 2.05) is 24.3 Å². The summed E-state index contributed by atoms with van der Waals surface area (Å²) in [4.78, 5) is 26.3. The van der Waals surface area contributed by atoms with Crippen LogP contribution < -0.4 is 19.8 Å². The number of carbonyl (C=O) groups excluding carboxylic acids is 2. The van der Waals surface area contributed by atoms with Gasteiger partial charge in [0.25, 0.3) is 0 Å². The van der Waals surface area contributed by atoms with Gasteiger partial charge in [0, 0.05) is 28.7 Å². The summed E-state index contributed by atoms with van der Waals surface area (Å²) in [6.45, 7) is 0.324. The summed E-state index contributed by atoms with van der Waals surface area (Å²) in [7, 11) is 3.12. The molecular weight excluding hydrogens is 426 g/mol. The Morgan fingerprint density at radius 3 is 2.64 bits per heavy atom. The number of ether oxygens (including phenoxy) is 2. The smallest absolute Gasteiger partial charge is 0.245 e. The van der Waals surface area contributed by atoms with Crippen LogP contribution in [-0.4, -0.2) is 38.8 Å². The summed E-state index contributed by atoms with van der Waals surface area (Å²) in [5.41, 5.74) is 3.95. The lowest BCUT2D eigenvalue weighted by molar-refractivity contribution is -0.126. The maximum atomic E-state index is 12.4. The molecule has 0 radical (unpaired) electrons. The molecule has 2 aromatic rings. The molecule has 146 valence electrons. The first kappa shape index (κ1) is 19.9. The molecule has 2 aromatic carbocycles. The van der Waals surface area contributed by atoms with Crippen molar-refractivity contribution in [3.05, 3.63) is 52.5 Å². The Labute approximate surface area is 171 Å². The Morgan fingerprint density at radius 2 is 1.96 bits per heavy atom. The first-order chi connectivity index (χ1) is 13.5. The summed E-state index contributed by atoms with van der Waals surface area (Å²) >= 11 is 3.37. The average molecular weight is 446 g/mol. The van der Waals surface area contributed by atoms with Gasteiger partial charge in [-0.2, -0.15) is 5.10 Å². The van der Waals surface area contributed by atoms with E-state index in [1.165, 1.54) is 6.21 Å². The van der Waals surface area contributed by atoms with Crippen LogP contribution in [0.3, 0.4) is 0 Å². The third-order valence-electron chi connectivity index (χ3n) is 4.45. The predicted octanol–water partition coefficient (Wildman–Crippen LogP) is 2.97. The minimum atomic E-state index is -0.458. The number of rotatable bonds is 6. The van der Waals surface area contributed by atoms with Gasteiger partial charge in [-0.1, -0.05) is 15.9 Å². The van der Waals surface area contributed by atoms with E-state index in [-0.39, 0.29) is 18.2 Å². The fourth-order valence-electron chi connectivity index (χ4n) is 2.95. The number of hydrazone groups is 1. The van der Waals surface area contributed by atoms with Crippen molar-refractivity contribution in [2.75, 3.05) is 25.7 Å². The molecular formula is C20H20BrN3O4. The van der Waals surface area contributed by atoms with Gasteiger partial charge in [0.05, 0.1) is 26.4 Å². The Hall–Kier alpha value is -2.87. The third-order valence-corrected chi connectivity index (χ3v) is 4.98. The highest BCUT2D eigenvalue weighted by Crippen LogP contribution is 2.26. The second kappa shape index (κ2) is 8.88. The number of benzene rings is 2.